The van der Waals surface area contributed by atoms with Crippen LogP contribution in [0.15, 0.2) is 54.7 Å². The summed E-state index contributed by atoms with van der Waals surface area (Å²) in [6, 6.07) is 16.7. The van der Waals surface area contributed by atoms with Crippen molar-refractivity contribution in [1.82, 2.24) is 4.57 Å². The Morgan fingerprint density at radius 1 is 1.06 bits per heavy atom. The summed E-state index contributed by atoms with van der Waals surface area (Å²) in [4.78, 5) is 0. The molecule has 0 spiro atoms. The molecule has 0 aliphatic rings. The second kappa shape index (κ2) is 4.22. The summed E-state index contributed by atoms with van der Waals surface area (Å²) in [5.41, 5.74) is 10.5. The van der Waals surface area contributed by atoms with E-state index < -0.39 is 0 Å². The topological polar surface area (TPSA) is 30.9 Å². The lowest BCUT2D eigenvalue weighted by molar-refractivity contribution is 0.834. The van der Waals surface area contributed by atoms with Gasteiger partial charge in [-0.15, -0.1) is 0 Å². The number of rotatable bonds is 2. The molecule has 0 saturated heterocycles. The number of hydrogen-bond acceptors (Lipinski definition) is 1. The zero-order chi connectivity index (χ0) is 12.5. The van der Waals surface area contributed by atoms with Crippen LogP contribution in [0, 0.1) is 6.92 Å². The van der Waals surface area contributed by atoms with Crippen LogP contribution in [0.25, 0.3) is 10.9 Å². The highest BCUT2D eigenvalue weighted by Gasteiger charge is 2.05. The monoisotopic (exact) mass is 236 g/mol. The van der Waals surface area contributed by atoms with Gasteiger partial charge in [-0.3, -0.25) is 0 Å². The van der Waals surface area contributed by atoms with Gasteiger partial charge in [-0.25, -0.2) is 0 Å². The van der Waals surface area contributed by atoms with Gasteiger partial charge < -0.3 is 10.3 Å². The molecule has 3 rings (SSSR count). The zero-order valence-corrected chi connectivity index (χ0v) is 10.4. The molecule has 2 N–H and O–H groups in total. The lowest BCUT2D eigenvalue weighted by atomic mass is 10.1. The summed E-state index contributed by atoms with van der Waals surface area (Å²) in [6.07, 6.45) is 2.13. The maximum absolute atomic E-state index is 5.88. The van der Waals surface area contributed by atoms with Crippen LogP contribution in [0.1, 0.15) is 11.1 Å². The van der Waals surface area contributed by atoms with E-state index in [0.29, 0.717) is 0 Å². The van der Waals surface area contributed by atoms with Crippen molar-refractivity contribution < 1.29 is 0 Å². The maximum Gasteiger partial charge on any atom is 0.0514 e. The summed E-state index contributed by atoms with van der Waals surface area (Å²) < 4.78 is 2.28. The quantitative estimate of drug-likeness (QED) is 0.677. The molecule has 0 unspecified atom stereocenters. The first kappa shape index (κ1) is 10.9. The summed E-state index contributed by atoms with van der Waals surface area (Å²) in [7, 11) is 0. The number of hydrogen-bond donors (Lipinski definition) is 1. The number of fused-ring (bicyclic) bond motifs is 1. The zero-order valence-electron chi connectivity index (χ0n) is 10.4. The van der Waals surface area contributed by atoms with Crippen molar-refractivity contribution in [1.29, 1.82) is 0 Å². The number of aryl methyl sites for hydroxylation is 1. The van der Waals surface area contributed by atoms with Crippen molar-refractivity contribution in [3.8, 4) is 0 Å². The van der Waals surface area contributed by atoms with Gasteiger partial charge in [0.05, 0.1) is 5.52 Å². The smallest absolute Gasteiger partial charge is 0.0514 e. The molecule has 1 aromatic heterocycles. The molecule has 0 aliphatic heterocycles. The summed E-state index contributed by atoms with van der Waals surface area (Å²) in [5, 5.41) is 1.21. The van der Waals surface area contributed by atoms with Gasteiger partial charge in [0.15, 0.2) is 0 Å². The van der Waals surface area contributed by atoms with E-state index in [0.717, 1.165) is 12.2 Å². The highest BCUT2D eigenvalue weighted by molar-refractivity contribution is 5.86. The molecule has 0 atom stereocenters. The van der Waals surface area contributed by atoms with Gasteiger partial charge in [0.25, 0.3) is 0 Å². The van der Waals surface area contributed by atoms with Crippen LogP contribution in [0.2, 0.25) is 0 Å². The second-order valence-corrected chi connectivity index (χ2v) is 4.70. The fourth-order valence-corrected chi connectivity index (χ4v) is 2.51. The van der Waals surface area contributed by atoms with Gasteiger partial charge in [-0.2, -0.15) is 0 Å². The molecule has 0 radical (unpaired) electrons. The van der Waals surface area contributed by atoms with Crippen LogP contribution < -0.4 is 5.73 Å². The molecule has 1 heterocycles. The molecule has 2 nitrogen and oxygen atoms in total. The molecular weight excluding hydrogens is 220 g/mol. The number of nitrogens with two attached hydrogens (primary N) is 1. The van der Waals surface area contributed by atoms with Gasteiger partial charge in [0, 0.05) is 23.8 Å². The minimum Gasteiger partial charge on any atom is -0.399 e. The standard InChI is InChI=1S/C16H16N2/c1-12-9-15(17)10-14-7-8-18(16(12)14)11-13-5-3-2-4-6-13/h2-10H,11,17H2,1H3. The lowest BCUT2D eigenvalue weighted by Crippen LogP contribution is -1.99. The average Bonchev–Trinajstić information content (AvgIpc) is 2.73. The molecule has 2 heteroatoms. The number of nitrogen functional groups attached to an aromatic ring is 1. The predicted octanol–water partition coefficient (Wildman–Crippen LogP) is 3.58. The van der Waals surface area contributed by atoms with E-state index in [1.165, 1.54) is 22.0 Å². The highest BCUT2D eigenvalue weighted by Crippen LogP contribution is 2.24. The third-order valence-corrected chi connectivity index (χ3v) is 3.27. The molecular formula is C16H16N2. The fraction of sp³-hybridized carbons (Fsp3) is 0.125. The Kier molecular flexibility index (Phi) is 2.56. The van der Waals surface area contributed by atoms with Crippen molar-refractivity contribution >= 4 is 16.6 Å². The Hall–Kier alpha value is -2.22. The molecule has 0 fully saturated rings. The number of benzene rings is 2. The van der Waals surface area contributed by atoms with Crippen LogP contribution >= 0.6 is 0 Å². The normalized spacial score (nSPS) is 10.9. The maximum atomic E-state index is 5.88. The Morgan fingerprint density at radius 2 is 1.83 bits per heavy atom. The molecule has 0 amide bonds. The summed E-state index contributed by atoms with van der Waals surface area (Å²) in [6.45, 7) is 3.01. The molecule has 0 bridgehead atoms. The van der Waals surface area contributed by atoms with Crippen molar-refractivity contribution in [3.05, 3.63) is 65.9 Å². The predicted molar refractivity (Wildman–Crippen MR) is 76.6 cm³/mol. The van der Waals surface area contributed by atoms with Crippen molar-refractivity contribution in [2.45, 2.75) is 13.5 Å². The third kappa shape index (κ3) is 1.86. The molecule has 90 valence electrons. The highest BCUT2D eigenvalue weighted by atomic mass is 15.0. The Bertz CT molecular complexity index is 681. The third-order valence-electron chi connectivity index (χ3n) is 3.27. The van der Waals surface area contributed by atoms with Crippen molar-refractivity contribution in [3.63, 3.8) is 0 Å². The van der Waals surface area contributed by atoms with Crippen LogP contribution in [-0.2, 0) is 6.54 Å². The first-order chi connectivity index (χ1) is 8.74. The van der Waals surface area contributed by atoms with Gasteiger partial charge in [0.2, 0.25) is 0 Å². The van der Waals surface area contributed by atoms with Gasteiger partial charge >= 0.3 is 0 Å². The summed E-state index contributed by atoms with van der Waals surface area (Å²) in [5.74, 6) is 0. The van der Waals surface area contributed by atoms with Crippen LogP contribution in [0.4, 0.5) is 5.69 Å². The molecule has 0 aliphatic carbocycles. The number of aromatic nitrogens is 1. The van der Waals surface area contributed by atoms with Gasteiger partial charge in [0.1, 0.15) is 0 Å². The minimum absolute atomic E-state index is 0.831. The second-order valence-electron chi connectivity index (χ2n) is 4.70. The van der Waals surface area contributed by atoms with Crippen LogP contribution in [0.5, 0.6) is 0 Å². The van der Waals surface area contributed by atoms with Gasteiger partial charge in [-0.1, -0.05) is 30.3 Å². The first-order valence-electron chi connectivity index (χ1n) is 6.13. The lowest BCUT2D eigenvalue weighted by Gasteiger charge is -2.08. The molecule has 0 saturated carbocycles. The Morgan fingerprint density at radius 3 is 2.61 bits per heavy atom. The van der Waals surface area contributed by atoms with Crippen LogP contribution in [0.3, 0.4) is 0 Å². The van der Waals surface area contributed by atoms with E-state index in [9.17, 15) is 0 Å². The van der Waals surface area contributed by atoms with E-state index in [1.807, 2.05) is 18.2 Å². The number of anilines is 1. The van der Waals surface area contributed by atoms with Crippen molar-refractivity contribution in [2.75, 3.05) is 5.73 Å². The Labute approximate surface area is 107 Å². The largest absolute Gasteiger partial charge is 0.399 e. The molecule has 2 aromatic carbocycles. The fourth-order valence-electron chi connectivity index (χ4n) is 2.51. The first-order valence-corrected chi connectivity index (χ1v) is 6.13. The van der Waals surface area contributed by atoms with E-state index in [-0.39, 0.29) is 0 Å². The average molecular weight is 236 g/mol. The van der Waals surface area contributed by atoms with E-state index in [2.05, 4.69) is 48.0 Å². The van der Waals surface area contributed by atoms with Crippen LogP contribution in [-0.4, -0.2) is 4.57 Å². The Balaban J connectivity index is 2.08. The van der Waals surface area contributed by atoms with E-state index in [1.54, 1.807) is 0 Å². The SMILES string of the molecule is Cc1cc(N)cc2ccn(Cc3ccccc3)c12. The molecule has 18 heavy (non-hydrogen) atoms. The van der Waals surface area contributed by atoms with E-state index >= 15 is 0 Å². The molecule has 3 aromatic rings. The summed E-state index contributed by atoms with van der Waals surface area (Å²) >= 11 is 0. The van der Waals surface area contributed by atoms with E-state index in [4.69, 9.17) is 5.73 Å². The van der Waals surface area contributed by atoms with Crippen molar-refractivity contribution in [2.24, 2.45) is 0 Å². The van der Waals surface area contributed by atoms with Gasteiger partial charge in [-0.05, 0) is 36.2 Å². The number of nitrogens with zero attached hydrogens (tertiary/aromatic N) is 1. The minimum atomic E-state index is 0.831.